The Balaban J connectivity index is 0.820. The Morgan fingerprint density at radius 1 is 0.180 bits per heavy atom. The van der Waals surface area contributed by atoms with Crippen molar-refractivity contribution < 1.29 is 8.83 Å². The topological polar surface area (TPSA) is 32.8 Å². The molecule has 0 aliphatic heterocycles. The van der Waals surface area contributed by atoms with Gasteiger partial charge >= 0.3 is 0 Å². The van der Waals surface area contributed by atoms with E-state index in [-0.39, 0.29) is 0 Å². The van der Waals surface area contributed by atoms with Crippen LogP contribution in [0.15, 0.2) is 373 Å². The standard InChI is InChI=1S/C96H60N2O2/c1-5-33-71-61(23-1)27-19-44-78(71)82-41-13-15-47-89(82)98(69-32-18-30-64(56-69)87-58-66-26-4-8-36-74(66)77-38-10-12-40-81(77)87)90-48-21-46-85-95-75(43-22-50-94(95)100-96(85)90)67-51-53-83(79-45-20-28-62-24-2-6-34-72(62)79)91(59-67)97(70-52-54-93-88(60-70)84-42-14-16-49-92(84)99-93)68-31-17-29-63(55-68)86-57-65-25-3-7-35-73(65)76-37-9-11-39-80(76)86/h1-60H. The molecule has 2 aromatic heterocycles. The Morgan fingerprint density at radius 2 is 0.610 bits per heavy atom. The number of benzene rings is 18. The molecule has 0 radical (unpaired) electrons. The Labute approximate surface area is 577 Å². The van der Waals surface area contributed by atoms with Gasteiger partial charge in [0, 0.05) is 49.7 Å². The number of hydrogen-bond acceptors (Lipinski definition) is 4. The maximum atomic E-state index is 7.48. The second-order valence-corrected chi connectivity index (χ2v) is 26.2. The second kappa shape index (κ2) is 23.2. The molecule has 0 atom stereocenters. The molecule has 18 aromatic carbocycles. The van der Waals surface area contributed by atoms with E-state index in [1.807, 2.05) is 6.07 Å². The van der Waals surface area contributed by atoms with Gasteiger partial charge in [0.1, 0.15) is 16.7 Å². The highest BCUT2D eigenvalue weighted by Gasteiger charge is 2.27. The van der Waals surface area contributed by atoms with E-state index >= 15 is 0 Å². The van der Waals surface area contributed by atoms with Gasteiger partial charge in [-0.2, -0.15) is 0 Å². The van der Waals surface area contributed by atoms with Crippen LogP contribution in [0.25, 0.3) is 164 Å². The first-order valence-corrected chi connectivity index (χ1v) is 34.3. The number of nitrogens with zero attached hydrogens (tertiary/aromatic N) is 2. The van der Waals surface area contributed by atoms with Crippen LogP contribution in [0.3, 0.4) is 0 Å². The Morgan fingerprint density at radius 3 is 1.27 bits per heavy atom. The smallest absolute Gasteiger partial charge is 0.159 e. The normalized spacial score (nSPS) is 11.8. The molecule has 0 N–H and O–H groups in total. The molecule has 0 unspecified atom stereocenters. The van der Waals surface area contributed by atoms with Gasteiger partial charge in [0.15, 0.2) is 5.58 Å². The van der Waals surface area contributed by atoms with Crippen molar-refractivity contribution in [1.29, 1.82) is 0 Å². The number of hydrogen-bond donors (Lipinski definition) is 0. The highest BCUT2D eigenvalue weighted by atomic mass is 16.3. The molecular weight excluding hydrogens is 1210 g/mol. The highest BCUT2D eigenvalue weighted by Crippen LogP contribution is 2.52. The summed E-state index contributed by atoms with van der Waals surface area (Å²) in [6, 6.07) is 133. The van der Waals surface area contributed by atoms with E-state index in [1.54, 1.807) is 0 Å². The summed E-state index contributed by atoms with van der Waals surface area (Å²) in [5.41, 5.74) is 20.4. The van der Waals surface area contributed by atoms with Gasteiger partial charge < -0.3 is 18.6 Å². The van der Waals surface area contributed by atoms with E-state index in [0.717, 1.165) is 123 Å². The van der Waals surface area contributed by atoms with Crippen molar-refractivity contribution in [1.82, 2.24) is 0 Å². The lowest BCUT2D eigenvalue weighted by Gasteiger charge is -2.29. The summed E-state index contributed by atoms with van der Waals surface area (Å²) in [7, 11) is 0. The molecule has 466 valence electrons. The van der Waals surface area contributed by atoms with Crippen LogP contribution in [0.1, 0.15) is 0 Å². The number of para-hydroxylation sites is 3. The van der Waals surface area contributed by atoms with Crippen molar-refractivity contribution in [2.75, 3.05) is 9.80 Å². The Bertz CT molecular complexity index is 6700. The van der Waals surface area contributed by atoms with E-state index in [4.69, 9.17) is 8.83 Å². The monoisotopic (exact) mass is 1270 g/mol. The molecule has 4 heteroatoms. The zero-order valence-corrected chi connectivity index (χ0v) is 54.4. The van der Waals surface area contributed by atoms with Gasteiger partial charge in [0.25, 0.3) is 0 Å². The van der Waals surface area contributed by atoms with Gasteiger partial charge in [-0.05, 0) is 194 Å². The van der Waals surface area contributed by atoms with Gasteiger partial charge in [0.2, 0.25) is 0 Å². The first kappa shape index (κ1) is 57.0. The molecule has 0 bridgehead atoms. The molecule has 20 aromatic rings. The summed E-state index contributed by atoms with van der Waals surface area (Å²) < 4.78 is 14.1. The van der Waals surface area contributed by atoms with Gasteiger partial charge in [-0.3, -0.25) is 0 Å². The predicted octanol–water partition coefficient (Wildman–Crippen LogP) is 27.7. The van der Waals surface area contributed by atoms with Crippen molar-refractivity contribution in [3.8, 4) is 55.6 Å². The van der Waals surface area contributed by atoms with Crippen molar-refractivity contribution in [2.45, 2.75) is 0 Å². The fourth-order valence-corrected chi connectivity index (χ4v) is 16.1. The maximum Gasteiger partial charge on any atom is 0.159 e. The number of furan rings is 2. The average molecular weight is 1270 g/mol. The van der Waals surface area contributed by atoms with Gasteiger partial charge in [-0.15, -0.1) is 0 Å². The molecule has 0 aliphatic carbocycles. The molecular formula is C96H60N2O2. The molecule has 0 saturated carbocycles. The fourth-order valence-electron chi connectivity index (χ4n) is 16.1. The minimum absolute atomic E-state index is 0.784. The summed E-state index contributed by atoms with van der Waals surface area (Å²) >= 11 is 0. The molecule has 0 aliphatic rings. The zero-order chi connectivity index (χ0) is 65.8. The van der Waals surface area contributed by atoms with Crippen LogP contribution in [-0.2, 0) is 0 Å². The minimum Gasteiger partial charge on any atom is -0.456 e. The Hall–Kier alpha value is -13.3. The molecule has 0 saturated heterocycles. The number of rotatable bonds is 11. The lowest BCUT2D eigenvalue weighted by atomic mass is 9.91. The van der Waals surface area contributed by atoms with Gasteiger partial charge in [-0.25, -0.2) is 0 Å². The van der Waals surface area contributed by atoms with Crippen molar-refractivity contribution in [2.24, 2.45) is 0 Å². The van der Waals surface area contributed by atoms with Crippen molar-refractivity contribution in [3.05, 3.63) is 364 Å². The lowest BCUT2D eigenvalue weighted by molar-refractivity contribution is 0.668. The van der Waals surface area contributed by atoms with Crippen LogP contribution in [0.5, 0.6) is 0 Å². The summed E-state index contributed by atoms with van der Waals surface area (Å²) in [5.74, 6) is 0. The molecule has 0 fully saturated rings. The summed E-state index contributed by atoms with van der Waals surface area (Å²) in [6.45, 7) is 0. The summed E-state index contributed by atoms with van der Waals surface area (Å²) in [5, 5.41) is 18.6. The van der Waals surface area contributed by atoms with Crippen LogP contribution in [0.4, 0.5) is 34.1 Å². The molecule has 2 heterocycles. The molecule has 0 amide bonds. The average Bonchev–Trinajstić information content (AvgIpc) is 1.53. The highest BCUT2D eigenvalue weighted by molar-refractivity contribution is 6.19. The van der Waals surface area contributed by atoms with E-state index in [9.17, 15) is 0 Å². The van der Waals surface area contributed by atoms with Crippen molar-refractivity contribution in [3.63, 3.8) is 0 Å². The maximum absolute atomic E-state index is 7.48. The minimum atomic E-state index is 0.784. The number of fused-ring (bicyclic) bond motifs is 14. The third-order valence-electron chi connectivity index (χ3n) is 20.6. The van der Waals surface area contributed by atoms with Gasteiger partial charge in [0.05, 0.1) is 17.1 Å². The fraction of sp³-hybridized carbons (Fsp3) is 0. The molecule has 20 rings (SSSR count). The van der Waals surface area contributed by atoms with E-state index in [2.05, 4.69) is 368 Å². The van der Waals surface area contributed by atoms with Crippen LogP contribution in [-0.4, -0.2) is 0 Å². The van der Waals surface area contributed by atoms with Crippen LogP contribution < -0.4 is 9.80 Å². The molecule has 0 spiro atoms. The Kier molecular flexibility index (Phi) is 13.2. The first-order valence-electron chi connectivity index (χ1n) is 34.3. The SMILES string of the molecule is c1cc(-c2cc3ccccc3c3ccccc23)cc(N(c2ccc3oc4ccccc4c3c2)c2cc(-c3cccc4oc5c(N(c6cccc(-c7cc8ccccc8c8ccccc78)c6)c6ccccc6-c6cccc7ccccc67)cccc5c34)ccc2-c2cccc3ccccc23)c1. The third-order valence-corrected chi connectivity index (χ3v) is 20.6. The lowest BCUT2D eigenvalue weighted by Crippen LogP contribution is -2.12. The van der Waals surface area contributed by atoms with Crippen molar-refractivity contribution >= 4 is 143 Å². The molecule has 4 nitrogen and oxygen atoms in total. The van der Waals surface area contributed by atoms with E-state index < -0.39 is 0 Å². The second-order valence-electron chi connectivity index (χ2n) is 26.2. The van der Waals surface area contributed by atoms with Crippen LogP contribution >= 0.6 is 0 Å². The third kappa shape index (κ3) is 9.30. The molecule has 100 heavy (non-hydrogen) atoms. The predicted molar refractivity (Wildman–Crippen MR) is 423 cm³/mol. The van der Waals surface area contributed by atoms with Gasteiger partial charge in [-0.1, -0.05) is 279 Å². The quantitative estimate of drug-likeness (QED) is 0.121. The summed E-state index contributed by atoms with van der Waals surface area (Å²) in [6.07, 6.45) is 0. The van der Waals surface area contributed by atoms with Crippen LogP contribution in [0, 0.1) is 0 Å². The first-order chi connectivity index (χ1) is 49.6. The number of anilines is 6. The van der Waals surface area contributed by atoms with Crippen LogP contribution in [0.2, 0.25) is 0 Å². The van der Waals surface area contributed by atoms with E-state index in [0.29, 0.717) is 0 Å². The largest absolute Gasteiger partial charge is 0.456 e. The summed E-state index contributed by atoms with van der Waals surface area (Å²) in [4.78, 5) is 4.90. The zero-order valence-electron chi connectivity index (χ0n) is 54.4. The van der Waals surface area contributed by atoms with E-state index in [1.165, 1.54) is 75.8 Å².